The fourth-order valence-corrected chi connectivity index (χ4v) is 3.69. The van der Waals surface area contributed by atoms with Crippen molar-refractivity contribution in [2.45, 2.75) is 25.8 Å². The quantitative estimate of drug-likeness (QED) is 0.604. The van der Waals surface area contributed by atoms with E-state index in [1.54, 1.807) is 12.4 Å². The average molecular weight is 349 g/mol. The molecule has 126 valence electrons. The molecule has 1 aromatic carbocycles. The molecule has 0 amide bonds. The second-order valence-electron chi connectivity index (χ2n) is 6.31. The van der Waals surface area contributed by atoms with Crippen molar-refractivity contribution in [3.8, 4) is 11.3 Å². The monoisotopic (exact) mass is 349 g/mol. The van der Waals surface area contributed by atoms with Gasteiger partial charge in [0.2, 0.25) is 4.96 Å². The molecule has 0 saturated carbocycles. The number of fused-ring (bicyclic) bond motifs is 1. The van der Waals surface area contributed by atoms with E-state index in [-0.39, 0.29) is 6.04 Å². The number of benzene rings is 1. The molecule has 0 aliphatic rings. The second kappa shape index (κ2) is 6.38. The van der Waals surface area contributed by atoms with E-state index in [0.717, 1.165) is 26.8 Å². The van der Waals surface area contributed by atoms with Crippen molar-refractivity contribution in [3.63, 3.8) is 0 Å². The molecule has 0 aliphatic carbocycles. The third-order valence-corrected chi connectivity index (χ3v) is 5.31. The summed E-state index contributed by atoms with van der Waals surface area (Å²) in [6.45, 7) is 4.39. The number of rotatable bonds is 4. The Kier molecular flexibility index (Phi) is 4.07. The van der Waals surface area contributed by atoms with E-state index in [4.69, 9.17) is 10.8 Å². The van der Waals surface area contributed by atoms with Crippen LogP contribution >= 0.6 is 11.3 Å². The molecule has 1 atom stereocenters. The van der Waals surface area contributed by atoms with Crippen molar-refractivity contribution in [1.82, 2.24) is 19.6 Å². The van der Waals surface area contributed by atoms with Gasteiger partial charge in [0.05, 0.1) is 17.9 Å². The van der Waals surface area contributed by atoms with E-state index < -0.39 is 0 Å². The van der Waals surface area contributed by atoms with Gasteiger partial charge >= 0.3 is 0 Å². The van der Waals surface area contributed by atoms with Crippen LogP contribution in [0.1, 0.15) is 41.9 Å². The molecule has 3 heterocycles. The van der Waals surface area contributed by atoms with E-state index in [1.165, 1.54) is 16.9 Å². The Morgan fingerprint density at radius 2 is 1.72 bits per heavy atom. The fraction of sp³-hybridized carbons (Fsp3) is 0.211. The van der Waals surface area contributed by atoms with Crippen molar-refractivity contribution in [2.24, 2.45) is 5.73 Å². The zero-order valence-corrected chi connectivity index (χ0v) is 14.9. The third kappa shape index (κ3) is 2.94. The predicted molar refractivity (Wildman–Crippen MR) is 101 cm³/mol. The molecule has 0 fully saturated rings. The maximum atomic E-state index is 6.36. The van der Waals surface area contributed by atoms with Gasteiger partial charge in [0.1, 0.15) is 5.01 Å². The van der Waals surface area contributed by atoms with Crippen LogP contribution in [0.5, 0.6) is 0 Å². The molecule has 1 unspecified atom stereocenters. The van der Waals surface area contributed by atoms with Crippen molar-refractivity contribution in [2.75, 3.05) is 0 Å². The van der Waals surface area contributed by atoms with Gasteiger partial charge in [0.15, 0.2) is 0 Å². The van der Waals surface area contributed by atoms with Crippen LogP contribution in [-0.2, 0) is 0 Å². The highest BCUT2D eigenvalue weighted by Gasteiger charge is 2.17. The van der Waals surface area contributed by atoms with Crippen LogP contribution in [0.15, 0.2) is 55.0 Å². The highest BCUT2D eigenvalue weighted by atomic mass is 32.1. The molecule has 0 aliphatic heterocycles. The van der Waals surface area contributed by atoms with Crippen LogP contribution in [0, 0.1) is 0 Å². The highest BCUT2D eigenvalue weighted by Crippen LogP contribution is 2.29. The smallest absolute Gasteiger partial charge is 0.212 e. The lowest BCUT2D eigenvalue weighted by molar-refractivity contribution is 0.807. The summed E-state index contributed by atoms with van der Waals surface area (Å²) in [5.41, 5.74) is 10.8. The van der Waals surface area contributed by atoms with Gasteiger partial charge in [-0.05, 0) is 29.2 Å². The average Bonchev–Trinajstić information content (AvgIpc) is 3.22. The molecule has 0 bridgehead atoms. The number of nitrogens with two attached hydrogens (primary N) is 1. The molecule has 5 nitrogen and oxygen atoms in total. The van der Waals surface area contributed by atoms with Gasteiger partial charge in [-0.3, -0.25) is 4.98 Å². The van der Waals surface area contributed by atoms with Gasteiger partial charge in [-0.1, -0.05) is 49.4 Å². The van der Waals surface area contributed by atoms with Gasteiger partial charge in [-0.25, -0.2) is 9.50 Å². The first kappa shape index (κ1) is 15.9. The van der Waals surface area contributed by atoms with E-state index in [9.17, 15) is 0 Å². The largest absolute Gasteiger partial charge is 0.318 e. The summed E-state index contributed by atoms with van der Waals surface area (Å²) in [7, 11) is 0. The van der Waals surface area contributed by atoms with Crippen molar-refractivity contribution >= 4 is 16.3 Å². The minimum Gasteiger partial charge on any atom is -0.318 e. The zero-order valence-electron chi connectivity index (χ0n) is 14.1. The van der Waals surface area contributed by atoms with Crippen LogP contribution in [0.25, 0.3) is 16.2 Å². The summed E-state index contributed by atoms with van der Waals surface area (Å²) < 4.78 is 1.88. The van der Waals surface area contributed by atoms with Gasteiger partial charge in [0, 0.05) is 18.0 Å². The number of aromatic nitrogens is 4. The summed E-state index contributed by atoms with van der Waals surface area (Å²) in [4.78, 5) is 9.39. The first-order valence-electron chi connectivity index (χ1n) is 8.24. The fourth-order valence-electron chi connectivity index (χ4n) is 2.78. The highest BCUT2D eigenvalue weighted by molar-refractivity contribution is 7.16. The lowest BCUT2D eigenvalue weighted by Gasteiger charge is -2.07. The number of imidazole rings is 1. The lowest BCUT2D eigenvalue weighted by Crippen LogP contribution is -2.12. The van der Waals surface area contributed by atoms with Crippen molar-refractivity contribution in [3.05, 3.63) is 71.1 Å². The molecule has 25 heavy (non-hydrogen) atoms. The maximum absolute atomic E-state index is 6.36. The lowest BCUT2D eigenvalue weighted by atomic mass is 10.0. The second-order valence-corrected chi connectivity index (χ2v) is 7.30. The molecule has 0 spiro atoms. The Bertz CT molecular complexity index is 986. The van der Waals surface area contributed by atoms with Crippen LogP contribution < -0.4 is 5.73 Å². The number of hydrogen-bond acceptors (Lipinski definition) is 5. The molecular formula is C19H19N5S. The van der Waals surface area contributed by atoms with E-state index in [0.29, 0.717) is 5.92 Å². The molecule has 0 saturated heterocycles. The number of hydrogen-bond donors (Lipinski definition) is 1. The standard InChI is InChI=1S/C19H19N5S/c1-12(2)13-3-5-14(6-4-13)16-11-22-19-24(16)23-18(25-19)17(20)15-7-9-21-10-8-15/h3-12,17H,20H2,1-2H3. The van der Waals surface area contributed by atoms with Crippen LogP contribution in [0.4, 0.5) is 0 Å². The van der Waals surface area contributed by atoms with Gasteiger partial charge in [-0.15, -0.1) is 0 Å². The molecule has 2 N–H and O–H groups in total. The first-order valence-corrected chi connectivity index (χ1v) is 9.05. The number of pyridine rings is 1. The van der Waals surface area contributed by atoms with E-state index in [2.05, 4.69) is 48.1 Å². The Hall–Kier alpha value is -2.57. The van der Waals surface area contributed by atoms with E-state index in [1.807, 2.05) is 22.8 Å². The third-order valence-electron chi connectivity index (χ3n) is 4.31. The molecule has 3 aromatic heterocycles. The number of nitrogens with zero attached hydrogens (tertiary/aromatic N) is 4. The summed E-state index contributed by atoms with van der Waals surface area (Å²) in [6, 6.07) is 12.1. The van der Waals surface area contributed by atoms with Crippen molar-refractivity contribution < 1.29 is 0 Å². The van der Waals surface area contributed by atoms with Crippen LogP contribution in [0.2, 0.25) is 0 Å². The Labute approximate surface area is 150 Å². The molecular weight excluding hydrogens is 330 g/mol. The van der Waals surface area contributed by atoms with Crippen LogP contribution in [0.3, 0.4) is 0 Å². The SMILES string of the molecule is CC(C)c1ccc(-c2cnc3sc(C(N)c4ccncc4)nn23)cc1. The van der Waals surface area contributed by atoms with Crippen LogP contribution in [-0.4, -0.2) is 19.6 Å². The molecule has 4 aromatic rings. The summed E-state index contributed by atoms with van der Waals surface area (Å²) >= 11 is 1.52. The predicted octanol–water partition coefficient (Wildman–Crippen LogP) is 4.02. The summed E-state index contributed by atoms with van der Waals surface area (Å²) in [6.07, 6.45) is 5.36. The Morgan fingerprint density at radius 1 is 1.00 bits per heavy atom. The Morgan fingerprint density at radius 3 is 2.40 bits per heavy atom. The molecule has 6 heteroatoms. The summed E-state index contributed by atoms with van der Waals surface area (Å²) in [5.74, 6) is 0.517. The minimum atomic E-state index is -0.272. The van der Waals surface area contributed by atoms with Gasteiger partial charge in [0.25, 0.3) is 0 Å². The van der Waals surface area contributed by atoms with Gasteiger partial charge in [-0.2, -0.15) is 5.10 Å². The topological polar surface area (TPSA) is 69.1 Å². The maximum Gasteiger partial charge on any atom is 0.212 e. The normalized spacial score (nSPS) is 12.8. The molecule has 4 rings (SSSR count). The van der Waals surface area contributed by atoms with Gasteiger partial charge < -0.3 is 5.73 Å². The summed E-state index contributed by atoms with van der Waals surface area (Å²) in [5, 5.41) is 5.55. The zero-order chi connectivity index (χ0) is 17.4. The van der Waals surface area contributed by atoms with Crippen molar-refractivity contribution in [1.29, 1.82) is 0 Å². The minimum absolute atomic E-state index is 0.272. The Balaban J connectivity index is 1.71. The first-order chi connectivity index (χ1) is 12.1. The molecule has 0 radical (unpaired) electrons. The van der Waals surface area contributed by atoms with E-state index >= 15 is 0 Å².